The molecule has 0 N–H and O–H groups in total. The van der Waals surface area contributed by atoms with Crippen molar-refractivity contribution in [3.63, 3.8) is 0 Å². The van der Waals surface area contributed by atoms with Crippen LogP contribution in [0.5, 0.6) is 0 Å². The Morgan fingerprint density at radius 3 is 1.06 bits per heavy atom. The molecule has 0 saturated carbocycles. The van der Waals surface area contributed by atoms with E-state index in [2.05, 4.69) is 278 Å². The molecule has 0 aliphatic heterocycles. The van der Waals surface area contributed by atoms with Gasteiger partial charge in [0.15, 0.2) is 11.6 Å². The highest BCUT2D eigenvalue weighted by Crippen LogP contribution is 2.43. The van der Waals surface area contributed by atoms with Crippen molar-refractivity contribution in [2.45, 2.75) is 0 Å². The van der Waals surface area contributed by atoms with Crippen molar-refractivity contribution in [2.24, 2.45) is 0 Å². The number of aromatic nitrogens is 10. The second-order valence-electron chi connectivity index (χ2n) is 26.4. The lowest BCUT2D eigenvalue weighted by Crippen LogP contribution is -1.97. The van der Waals surface area contributed by atoms with Crippen molar-refractivity contribution in [1.82, 2.24) is 47.4 Å². The molecule has 0 fully saturated rings. The van der Waals surface area contributed by atoms with Crippen LogP contribution in [0, 0.1) is 0 Å². The smallest absolute Gasteiger partial charge is 0.160 e. The first-order valence-corrected chi connectivity index (χ1v) is 36.7. The first kappa shape index (κ1) is 62.8. The van der Waals surface area contributed by atoms with Crippen LogP contribution in [-0.2, 0) is 0 Å². The number of hydrogen-bond acceptors (Lipinski definition) is 13. The standard InChI is InChI=1S/C47H27N5OS.C47H29N5S/c1-2-9-32(10-3-1)47-49-40(29-19-17-28(18-20-29)33-13-8-14-35-34-11-5-7-16-42(34)53-46(33)35)27-41(50-47)30-21-23-31(24-22-30)44-37-25-26-39-45(52-54-51-39)43(37)36-12-4-6-15-38(36)48-44;1-4-12-30(13-5-1)35-26-36(31-14-6-2-7-15-31)28-37(27-35)43-29-42(49-47(50-43)34-16-8-3-9-17-34)32-20-22-33(23-21-32)45-39-24-25-41-46(52-53-51-41)44(39)38-18-10-11-19-40(38)48-45/h1-27H;1-29H. The van der Waals surface area contributed by atoms with E-state index in [1.54, 1.807) is 0 Å². The highest BCUT2D eigenvalue weighted by Gasteiger charge is 2.21. The van der Waals surface area contributed by atoms with Gasteiger partial charge in [-0.15, -0.1) is 0 Å². The van der Waals surface area contributed by atoms with Crippen LogP contribution in [0.1, 0.15) is 0 Å². The Balaban J connectivity index is 0.000000141. The Kier molecular flexibility index (Phi) is 15.7. The summed E-state index contributed by atoms with van der Waals surface area (Å²) in [6, 6.07) is 117. The molecule has 500 valence electrons. The van der Waals surface area contributed by atoms with Gasteiger partial charge in [0, 0.05) is 93.2 Å². The molecule has 21 rings (SSSR count). The summed E-state index contributed by atoms with van der Waals surface area (Å²) in [4.78, 5) is 30.8. The summed E-state index contributed by atoms with van der Waals surface area (Å²) in [5.74, 6) is 1.35. The van der Waals surface area contributed by atoms with Gasteiger partial charge in [0.1, 0.15) is 33.2 Å². The van der Waals surface area contributed by atoms with E-state index in [-0.39, 0.29) is 0 Å². The summed E-state index contributed by atoms with van der Waals surface area (Å²) < 4.78 is 24.7. The van der Waals surface area contributed by atoms with Crippen LogP contribution < -0.4 is 0 Å². The topological polar surface area (TPSA) is 142 Å². The van der Waals surface area contributed by atoms with Gasteiger partial charge in [-0.1, -0.05) is 267 Å². The van der Waals surface area contributed by atoms with Gasteiger partial charge in [0.05, 0.1) is 68.7 Å². The van der Waals surface area contributed by atoms with Crippen LogP contribution in [0.25, 0.3) is 211 Å². The summed E-state index contributed by atoms with van der Waals surface area (Å²) in [6.45, 7) is 0. The van der Waals surface area contributed by atoms with Gasteiger partial charge in [-0.2, -0.15) is 17.5 Å². The van der Waals surface area contributed by atoms with E-state index < -0.39 is 0 Å². The lowest BCUT2D eigenvalue weighted by atomic mass is 9.94. The summed E-state index contributed by atoms with van der Waals surface area (Å²) in [5, 5.41) is 8.67. The molecule has 13 heteroatoms. The predicted octanol–water partition coefficient (Wildman–Crippen LogP) is 24.6. The van der Waals surface area contributed by atoms with E-state index in [0.29, 0.717) is 11.6 Å². The summed E-state index contributed by atoms with van der Waals surface area (Å²) in [5.41, 5.74) is 27.2. The fourth-order valence-electron chi connectivity index (χ4n) is 14.7. The molecule has 0 amide bonds. The van der Waals surface area contributed by atoms with Crippen molar-refractivity contribution >= 4 is 111 Å². The number of hydrogen-bond donors (Lipinski definition) is 0. The van der Waals surface area contributed by atoms with Crippen molar-refractivity contribution < 1.29 is 4.42 Å². The molecule has 11 nitrogen and oxygen atoms in total. The molecule has 0 unspecified atom stereocenters. The van der Waals surface area contributed by atoms with E-state index >= 15 is 0 Å². The lowest BCUT2D eigenvalue weighted by molar-refractivity contribution is 0.670. The first-order chi connectivity index (χ1) is 53.0. The summed E-state index contributed by atoms with van der Waals surface area (Å²) in [7, 11) is 0. The third-order valence-electron chi connectivity index (χ3n) is 19.9. The third kappa shape index (κ3) is 11.6. The van der Waals surface area contributed by atoms with Gasteiger partial charge < -0.3 is 4.42 Å². The molecule has 0 spiro atoms. The van der Waals surface area contributed by atoms with Crippen LogP contribution >= 0.6 is 23.5 Å². The van der Waals surface area contributed by atoms with E-state index in [1.807, 2.05) is 78.9 Å². The van der Waals surface area contributed by atoms with Gasteiger partial charge in [-0.3, -0.25) is 0 Å². The molecule has 0 aliphatic rings. The van der Waals surface area contributed by atoms with Crippen LogP contribution in [-0.4, -0.2) is 47.4 Å². The molecule has 0 atom stereocenters. The number of pyridine rings is 2. The molecule has 21 aromatic rings. The monoisotopic (exact) mass is 1400 g/mol. The molecule has 0 saturated heterocycles. The Labute approximate surface area is 621 Å². The van der Waals surface area contributed by atoms with E-state index in [0.717, 1.165) is 199 Å². The number of fused-ring (bicyclic) bond motifs is 13. The molecule has 7 heterocycles. The summed E-state index contributed by atoms with van der Waals surface area (Å²) >= 11 is 2.48. The van der Waals surface area contributed by atoms with Gasteiger partial charge >= 0.3 is 0 Å². The number of benzene rings is 14. The Bertz CT molecular complexity index is 6920. The molecule has 0 aliphatic carbocycles. The van der Waals surface area contributed by atoms with Crippen molar-refractivity contribution in [1.29, 1.82) is 0 Å². The van der Waals surface area contributed by atoms with Crippen molar-refractivity contribution in [3.8, 4) is 124 Å². The van der Waals surface area contributed by atoms with E-state index in [9.17, 15) is 0 Å². The third-order valence-corrected chi connectivity index (χ3v) is 21.0. The van der Waals surface area contributed by atoms with E-state index in [4.69, 9.17) is 34.3 Å². The lowest BCUT2D eigenvalue weighted by Gasteiger charge is -2.14. The van der Waals surface area contributed by atoms with Gasteiger partial charge in [0.25, 0.3) is 0 Å². The van der Waals surface area contributed by atoms with Crippen molar-refractivity contribution in [3.05, 3.63) is 340 Å². The Hall–Kier alpha value is -14.0. The highest BCUT2D eigenvalue weighted by atomic mass is 32.1. The molecule has 107 heavy (non-hydrogen) atoms. The Morgan fingerprint density at radius 2 is 0.589 bits per heavy atom. The molecule has 0 bridgehead atoms. The molecular formula is C94H56N10OS2. The number of furan rings is 1. The largest absolute Gasteiger partial charge is 0.455 e. The molecule has 0 radical (unpaired) electrons. The highest BCUT2D eigenvalue weighted by molar-refractivity contribution is 7.00. The SMILES string of the molecule is c1ccc(-c2cc(-c3ccccc3)cc(-c3cc(-c4ccc(-c5nc6ccccc6c6c5ccc5nsnc56)cc4)nc(-c4ccccc4)n3)c2)cc1.c1ccc(-c2nc(-c3ccc(-c4nc5ccccc5c5c4ccc4nsnc45)cc3)cc(-c3ccc(-c4cccc5c4oc4ccccc45)cc3)n2)cc1. The quantitative estimate of drug-likeness (QED) is 0.114. The number of nitrogens with zero attached hydrogens (tertiary/aromatic N) is 10. The number of rotatable bonds is 11. The first-order valence-electron chi connectivity index (χ1n) is 35.3. The van der Waals surface area contributed by atoms with Gasteiger partial charge in [0.2, 0.25) is 0 Å². The Morgan fingerprint density at radius 1 is 0.215 bits per heavy atom. The van der Waals surface area contributed by atoms with Crippen molar-refractivity contribution in [2.75, 3.05) is 0 Å². The zero-order valence-electron chi connectivity index (χ0n) is 57.0. The average molecular weight is 1410 g/mol. The predicted molar refractivity (Wildman–Crippen MR) is 439 cm³/mol. The molecule has 14 aromatic carbocycles. The maximum Gasteiger partial charge on any atom is 0.160 e. The maximum atomic E-state index is 6.34. The minimum atomic E-state index is 0.673. The normalized spacial score (nSPS) is 11.6. The number of para-hydroxylation sites is 4. The fraction of sp³-hybridized carbons (Fsp3) is 0. The van der Waals surface area contributed by atoms with Crippen LogP contribution in [0.15, 0.2) is 344 Å². The van der Waals surface area contributed by atoms with Crippen LogP contribution in [0.3, 0.4) is 0 Å². The van der Waals surface area contributed by atoms with Gasteiger partial charge in [-0.25, -0.2) is 29.9 Å². The second kappa shape index (κ2) is 26.7. The molecular weight excluding hydrogens is 1350 g/mol. The zero-order valence-corrected chi connectivity index (χ0v) is 58.7. The van der Waals surface area contributed by atoms with Gasteiger partial charge in [-0.05, 0) is 101 Å². The van der Waals surface area contributed by atoms with E-state index in [1.165, 1.54) is 23.5 Å². The summed E-state index contributed by atoms with van der Waals surface area (Å²) in [6.07, 6.45) is 0. The maximum absolute atomic E-state index is 6.34. The van der Waals surface area contributed by atoms with Crippen LogP contribution in [0.2, 0.25) is 0 Å². The fourth-order valence-corrected chi connectivity index (χ4v) is 15.8. The zero-order chi connectivity index (χ0) is 70.7. The van der Waals surface area contributed by atoms with Crippen LogP contribution in [0.4, 0.5) is 0 Å². The average Bonchev–Trinajstić information content (AvgIpc) is 1.74. The minimum absolute atomic E-state index is 0.673. The minimum Gasteiger partial charge on any atom is -0.455 e. The second-order valence-corrected chi connectivity index (χ2v) is 27.5. The molecule has 7 aromatic heterocycles.